The molecular weight excluding hydrogens is 368 g/mol. The van der Waals surface area contributed by atoms with E-state index in [0.29, 0.717) is 28.4 Å². The van der Waals surface area contributed by atoms with Crippen molar-refractivity contribution >= 4 is 0 Å². The van der Waals surface area contributed by atoms with Gasteiger partial charge in [-0.05, 0) is 23.8 Å². The second-order valence-electron chi connectivity index (χ2n) is 6.40. The Bertz CT molecular complexity index is 1230. The lowest BCUT2D eigenvalue weighted by Crippen LogP contribution is -2.21. The molecule has 1 aliphatic rings. The minimum absolute atomic E-state index is 0.0458. The number of allylic oxidation sites excluding steroid dienone is 1. The number of hydrogen-bond acceptors (Lipinski definition) is 7. The maximum absolute atomic E-state index is 9.79. The normalized spacial score (nSPS) is 15.5. The fourth-order valence-corrected chi connectivity index (χ4v) is 3.46. The van der Waals surface area contributed by atoms with Gasteiger partial charge in [0.25, 0.3) is 0 Å². The summed E-state index contributed by atoms with van der Waals surface area (Å²) in [6, 6.07) is 11.8. The van der Waals surface area contributed by atoms with Crippen molar-refractivity contribution in [1.82, 2.24) is 29.7 Å². The van der Waals surface area contributed by atoms with E-state index in [1.54, 1.807) is 24.8 Å². The lowest BCUT2D eigenvalue weighted by atomic mass is 9.83. The lowest BCUT2D eigenvalue weighted by molar-refractivity contribution is 0.379. The topological polar surface area (TPSA) is 131 Å². The van der Waals surface area contributed by atoms with Crippen molar-refractivity contribution in [3.63, 3.8) is 0 Å². The van der Waals surface area contributed by atoms with Crippen LogP contribution in [0, 0.1) is 11.3 Å². The van der Waals surface area contributed by atoms with Crippen LogP contribution >= 0.6 is 0 Å². The maximum Gasteiger partial charge on any atom is 0.244 e. The second kappa shape index (κ2) is 6.61. The van der Waals surface area contributed by atoms with E-state index < -0.39 is 5.92 Å². The molecule has 0 amide bonds. The Balaban J connectivity index is 1.66. The number of rotatable bonds is 3. The minimum atomic E-state index is -0.440. The van der Waals surface area contributed by atoms with E-state index in [0.717, 1.165) is 11.3 Å². The Hall–Kier alpha value is -4.45. The fourth-order valence-electron chi connectivity index (χ4n) is 3.46. The number of imidazole rings is 1. The Morgan fingerprint density at radius 2 is 2.00 bits per heavy atom. The third-order valence-electron chi connectivity index (χ3n) is 4.81. The number of H-pyrrole nitrogens is 1. The molecule has 1 aromatic carbocycles. The van der Waals surface area contributed by atoms with Crippen LogP contribution in [0.2, 0.25) is 0 Å². The molecule has 0 saturated carbocycles. The molecule has 5 rings (SSSR count). The molecule has 1 unspecified atom stereocenters. The summed E-state index contributed by atoms with van der Waals surface area (Å²) in [6.07, 6.45) is 8.41. The van der Waals surface area contributed by atoms with Gasteiger partial charge in [0, 0.05) is 24.3 Å². The SMILES string of the molecule is N#CC1=C(N)Oc2n[nH]c(-c3ccncn3)c2C1c1ccc(-n2ccnc2)cc1. The summed E-state index contributed by atoms with van der Waals surface area (Å²) in [4.78, 5) is 12.3. The molecule has 9 nitrogen and oxygen atoms in total. The summed E-state index contributed by atoms with van der Waals surface area (Å²) in [5.41, 5.74) is 10.2. The number of aromatic nitrogens is 6. The van der Waals surface area contributed by atoms with Crippen LogP contribution in [0.5, 0.6) is 5.88 Å². The van der Waals surface area contributed by atoms with Crippen LogP contribution < -0.4 is 10.5 Å². The second-order valence-corrected chi connectivity index (χ2v) is 6.40. The molecule has 29 heavy (non-hydrogen) atoms. The van der Waals surface area contributed by atoms with Crippen molar-refractivity contribution in [2.75, 3.05) is 0 Å². The molecule has 0 fully saturated rings. The van der Waals surface area contributed by atoms with Gasteiger partial charge in [-0.2, -0.15) is 5.26 Å². The van der Waals surface area contributed by atoms with Crippen LogP contribution in [0.25, 0.3) is 17.1 Å². The first-order valence-electron chi connectivity index (χ1n) is 8.77. The Kier molecular flexibility index (Phi) is 3.81. The molecule has 1 aliphatic heterocycles. The molecule has 4 heterocycles. The van der Waals surface area contributed by atoms with Gasteiger partial charge >= 0.3 is 0 Å². The quantitative estimate of drug-likeness (QED) is 0.555. The van der Waals surface area contributed by atoms with E-state index >= 15 is 0 Å². The zero-order valence-corrected chi connectivity index (χ0v) is 15.0. The van der Waals surface area contributed by atoms with E-state index in [4.69, 9.17) is 10.5 Å². The van der Waals surface area contributed by atoms with Gasteiger partial charge in [0.05, 0.1) is 29.2 Å². The van der Waals surface area contributed by atoms with Crippen LogP contribution in [0.4, 0.5) is 0 Å². The summed E-state index contributed by atoms with van der Waals surface area (Å²) < 4.78 is 7.51. The molecule has 0 radical (unpaired) electrons. The van der Waals surface area contributed by atoms with Crippen LogP contribution in [0.15, 0.2) is 73.0 Å². The number of fused-ring (bicyclic) bond motifs is 1. The third-order valence-corrected chi connectivity index (χ3v) is 4.81. The van der Waals surface area contributed by atoms with Crippen LogP contribution in [0.3, 0.4) is 0 Å². The molecule has 9 heteroatoms. The molecule has 3 aromatic heterocycles. The number of nitrogens with two attached hydrogens (primary N) is 1. The van der Waals surface area contributed by atoms with Gasteiger partial charge in [-0.25, -0.2) is 15.0 Å². The maximum atomic E-state index is 9.79. The number of benzene rings is 1. The van der Waals surface area contributed by atoms with Gasteiger partial charge in [-0.15, -0.1) is 5.10 Å². The molecular formula is C20H14N8O. The summed E-state index contributed by atoms with van der Waals surface area (Å²) >= 11 is 0. The number of ether oxygens (including phenoxy) is 1. The average molecular weight is 382 g/mol. The zero-order chi connectivity index (χ0) is 19.8. The van der Waals surface area contributed by atoms with E-state index in [1.807, 2.05) is 35.0 Å². The van der Waals surface area contributed by atoms with Crippen LogP contribution in [-0.2, 0) is 0 Å². The number of nitrogens with one attached hydrogen (secondary N) is 1. The number of nitrogens with zero attached hydrogens (tertiary/aromatic N) is 6. The van der Waals surface area contributed by atoms with Crippen LogP contribution in [0.1, 0.15) is 17.0 Å². The average Bonchev–Trinajstić information content (AvgIpc) is 3.44. The highest BCUT2D eigenvalue weighted by Crippen LogP contribution is 2.45. The molecule has 0 aliphatic carbocycles. The lowest BCUT2D eigenvalue weighted by Gasteiger charge is -2.24. The number of aromatic amines is 1. The summed E-state index contributed by atoms with van der Waals surface area (Å²) in [7, 11) is 0. The first kappa shape index (κ1) is 16.7. The fraction of sp³-hybridized carbons (Fsp3) is 0.0500. The highest BCUT2D eigenvalue weighted by molar-refractivity contribution is 5.68. The Morgan fingerprint density at radius 1 is 1.14 bits per heavy atom. The van der Waals surface area contributed by atoms with Crippen molar-refractivity contribution in [2.45, 2.75) is 5.92 Å². The summed E-state index contributed by atoms with van der Waals surface area (Å²) in [6.45, 7) is 0. The van der Waals surface area contributed by atoms with Crippen molar-refractivity contribution in [3.8, 4) is 29.0 Å². The van der Waals surface area contributed by atoms with Gasteiger partial charge in [0.15, 0.2) is 0 Å². The first-order chi connectivity index (χ1) is 14.3. The largest absolute Gasteiger partial charge is 0.420 e. The highest BCUT2D eigenvalue weighted by Gasteiger charge is 2.35. The molecule has 0 spiro atoms. The predicted octanol–water partition coefficient (Wildman–Crippen LogP) is 2.27. The van der Waals surface area contributed by atoms with E-state index in [1.165, 1.54) is 6.33 Å². The number of nitriles is 1. The van der Waals surface area contributed by atoms with Crippen molar-refractivity contribution in [3.05, 3.63) is 84.2 Å². The van der Waals surface area contributed by atoms with Gasteiger partial charge in [-0.1, -0.05) is 12.1 Å². The number of hydrogen-bond donors (Lipinski definition) is 2. The molecule has 4 aromatic rings. The smallest absolute Gasteiger partial charge is 0.244 e. The molecule has 140 valence electrons. The van der Waals surface area contributed by atoms with Gasteiger partial charge in [0.2, 0.25) is 11.8 Å². The van der Waals surface area contributed by atoms with E-state index in [9.17, 15) is 5.26 Å². The van der Waals surface area contributed by atoms with E-state index in [-0.39, 0.29) is 5.88 Å². The molecule has 0 bridgehead atoms. The van der Waals surface area contributed by atoms with Crippen LogP contribution in [-0.4, -0.2) is 29.7 Å². The van der Waals surface area contributed by atoms with E-state index in [2.05, 4.69) is 31.2 Å². The van der Waals surface area contributed by atoms with Crippen molar-refractivity contribution < 1.29 is 4.74 Å². The zero-order valence-electron chi connectivity index (χ0n) is 15.0. The molecule has 1 atom stereocenters. The highest BCUT2D eigenvalue weighted by atomic mass is 16.5. The van der Waals surface area contributed by atoms with Gasteiger partial charge in [-0.3, -0.25) is 5.10 Å². The van der Waals surface area contributed by atoms with Crippen molar-refractivity contribution in [2.24, 2.45) is 5.73 Å². The Morgan fingerprint density at radius 3 is 2.69 bits per heavy atom. The monoisotopic (exact) mass is 382 g/mol. The molecule has 3 N–H and O–H groups in total. The minimum Gasteiger partial charge on any atom is -0.420 e. The predicted molar refractivity (Wildman–Crippen MR) is 102 cm³/mol. The summed E-state index contributed by atoms with van der Waals surface area (Å²) in [5, 5.41) is 17.0. The van der Waals surface area contributed by atoms with Gasteiger partial charge in [0.1, 0.15) is 18.0 Å². The Labute approximate surface area is 165 Å². The molecule has 0 saturated heterocycles. The first-order valence-corrected chi connectivity index (χ1v) is 8.77. The van der Waals surface area contributed by atoms with Gasteiger partial charge < -0.3 is 15.0 Å². The standard InChI is InChI=1S/C20H14N8O/c21-9-14-16(12-1-3-13(4-2-12)28-8-7-24-11-28)17-18(15-5-6-23-10-25-15)26-27-20(17)29-19(14)22/h1-8,10-11,16H,22H2,(H,26,27). The van der Waals surface area contributed by atoms with Crippen molar-refractivity contribution in [1.29, 1.82) is 5.26 Å². The summed E-state index contributed by atoms with van der Waals surface area (Å²) in [5.74, 6) is -0.0625. The third kappa shape index (κ3) is 2.71.